The molecule has 5 aromatic rings. The fourth-order valence-corrected chi connectivity index (χ4v) is 10.5. The Morgan fingerprint density at radius 1 is 0.723 bits per heavy atom. The molecule has 3 fully saturated rings. The van der Waals surface area contributed by atoms with Crippen LogP contribution in [0, 0.1) is 5.92 Å². The van der Waals surface area contributed by atoms with Crippen molar-refractivity contribution in [3.05, 3.63) is 167 Å². The van der Waals surface area contributed by atoms with Crippen molar-refractivity contribution in [2.75, 3.05) is 13.1 Å². The number of amides is 5. The van der Waals surface area contributed by atoms with Crippen molar-refractivity contribution < 1.29 is 38.2 Å². The van der Waals surface area contributed by atoms with Gasteiger partial charge >= 0.3 is 23.8 Å². The Labute approximate surface area is 387 Å². The lowest BCUT2D eigenvalue weighted by Crippen LogP contribution is -2.77. The van der Waals surface area contributed by atoms with Gasteiger partial charge in [0, 0.05) is 25.6 Å². The highest BCUT2D eigenvalue weighted by Gasteiger charge is 2.72. The topological polar surface area (TPSA) is 147 Å². The van der Waals surface area contributed by atoms with Gasteiger partial charge in [-0.25, -0.2) is 9.59 Å². The van der Waals surface area contributed by atoms with Crippen LogP contribution in [0.25, 0.3) is 0 Å². The molecule has 8 rings (SSSR count). The summed E-state index contributed by atoms with van der Waals surface area (Å²) in [6.45, 7) is 6.17. The second-order valence-corrected chi connectivity index (χ2v) is 18.7. The van der Waals surface area contributed by atoms with Gasteiger partial charge in [-0.2, -0.15) is 0 Å². The number of thioether (sulfide) groups is 1. The normalized spacial score (nSPS) is 20.3. The van der Waals surface area contributed by atoms with Crippen LogP contribution in [-0.4, -0.2) is 78.3 Å². The largest absolute Gasteiger partial charge is 0.485 e. The molecule has 0 radical (unpaired) electrons. The first kappa shape index (κ1) is 44.9. The minimum atomic E-state index is -1.76. The van der Waals surface area contributed by atoms with Crippen molar-refractivity contribution in [2.45, 2.75) is 69.0 Å². The van der Waals surface area contributed by atoms with E-state index in [-0.39, 0.29) is 44.1 Å². The molecule has 0 spiro atoms. The van der Waals surface area contributed by atoms with Crippen molar-refractivity contribution >= 4 is 58.7 Å². The van der Waals surface area contributed by atoms with Crippen LogP contribution in [0.5, 0.6) is 11.5 Å². The molecule has 334 valence electrons. The number of hydrogen-bond donors (Lipinski definition) is 2. The Kier molecular flexibility index (Phi) is 13.2. The fraction of sp³-hybridized carbons (Fsp3) is 0.280. The number of carbonyl (C=O) groups excluding carboxylic acids is 5. The number of nitrogens with zero attached hydrogens (tertiary/aromatic N) is 3. The van der Waals surface area contributed by atoms with E-state index in [9.17, 15) is 24.0 Å². The molecule has 3 saturated heterocycles. The predicted molar refractivity (Wildman–Crippen MR) is 249 cm³/mol. The maximum Gasteiger partial charge on any atom is 0.355 e. The van der Waals surface area contributed by atoms with E-state index in [0.29, 0.717) is 34.2 Å². The quantitative estimate of drug-likeness (QED) is 0.0628. The first-order valence-electron chi connectivity index (χ1n) is 21.3. The molecule has 0 saturated carbocycles. The van der Waals surface area contributed by atoms with Gasteiger partial charge in [-0.05, 0) is 53.8 Å². The number of benzene rings is 5. The molecule has 5 amide bonds. The van der Waals surface area contributed by atoms with Crippen LogP contribution in [0.4, 0.5) is 4.79 Å². The molecule has 65 heavy (non-hydrogen) atoms. The van der Waals surface area contributed by atoms with Crippen LogP contribution in [-0.2, 0) is 50.3 Å². The molecule has 0 aromatic heterocycles. The molecule has 3 aliphatic heterocycles. The van der Waals surface area contributed by atoms with Crippen molar-refractivity contribution in [2.24, 2.45) is 5.92 Å². The molecule has 5 aromatic carbocycles. The summed E-state index contributed by atoms with van der Waals surface area (Å²) >= 11 is 7.30. The Balaban J connectivity index is 0.980. The Morgan fingerprint density at radius 3 is 1.88 bits per heavy atom. The lowest BCUT2D eigenvalue weighted by molar-refractivity contribution is -0.165. The number of thiocarbonyl (C=S) groups is 1. The van der Waals surface area contributed by atoms with E-state index in [1.807, 2.05) is 112 Å². The summed E-state index contributed by atoms with van der Waals surface area (Å²) in [6.07, 6.45) is 0. The van der Waals surface area contributed by atoms with Crippen LogP contribution < -0.4 is 20.1 Å². The summed E-state index contributed by atoms with van der Waals surface area (Å²) in [4.78, 5) is 75.2. The minimum absolute atomic E-state index is 0.0282. The predicted octanol–water partition coefficient (Wildman–Crippen LogP) is 7.15. The molecule has 0 bridgehead atoms. The Hall–Kier alpha value is -6.71. The molecule has 0 aliphatic carbocycles. The van der Waals surface area contributed by atoms with Gasteiger partial charge in [0.25, 0.3) is 0 Å². The first-order chi connectivity index (χ1) is 31.4. The van der Waals surface area contributed by atoms with E-state index in [1.165, 1.54) is 16.7 Å². The molecule has 13 nitrogen and oxygen atoms in total. The number of imide groups is 1. The molecule has 3 aliphatic rings. The van der Waals surface area contributed by atoms with Crippen molar-refractivity contribution in [1.29, 1.82) is 0 Å². The Bertz CT molecular complexity index is 2570. The number of hydrogen-bond acceptors (Lipinski definition) is 10. The third-order valence-corrected chi connectivity index (χ3v) is 14.2. The number of esters is 1. The summed E-state index contributed by atoms with van der Waals surface area (Å²) in [5.74, 6) is -2.45. The molecule has 2 N–H and O–H groups in total. The van der Waals surface area contributed by atoms with Crippen LogP contribution in [0.3, 0.4) is 0 Å². The number of piperazine rings is 1. The first-order valence-corrected chi connectivity index (χ1v) is 22.6. The van der Waals surface area contributed by atoms with E-state index in [1.54, 1.807) is 53.4 Å². The third kappa shape index (κ3) is 9.29. The summed E-state index contributed by atoms with van der Waals surface area (Å²) in [5.41, 5.74) is 2.00. The lowest BCUT2D eigenvalue weighted by Gasteiger charge is -2.52. The SMILES string of the molecule is C[C@H]1C(=S)N2[C@@H]1SC(C)(C)[C@]2(NC(=O)C(NC(=O)N1CCN(Cc2ccc(OCc3ccccc3)c(OCc3ccccc3)c2)C(=O)C1=O)c1ccccc1)C(=O)OCc1ccccc1. The average molecular weight is 912 g/mol. The summed E-state index contributed by atoms with van der Waals surface area (Å²) in [6, 6.07) is 40.1. The van der Waals surface area contributed by atoms with Crippen molar-refractivity contribution in [3.8, 4) is 11.5 Å². The van der Waals surface area contributed by atoms with Crippen LogP contribution in [0.2, 0.25) is 0 Å². The van der Waals surface area contributed by atoms with Gasteiger partial charge < -0.3 is 34.6 Å². The number of nitrogens with one attached hydrogen (secondary N) is 2. The van der Waals surface area contributed by atoms with E-state index in [2.05, 4.69) is 10.6 Å². The average Bonchev–Trinajstić information content (AvgIpc) is 3.55. The Morgan fingerprint density at radius 2 is 1.28 bits per heavy atom. The maximum atomic E-state index is 14.7. The minimum Gasteiger partial charge on any atom is -0.485 e. The van der Waals surface area contributed by atoms with Crippen LogP contribution in [0.1, 0.15) is 54.6 Å². The highest BCUT2D eigenvalue weighted by atomic mass is 32.2. The van der Waals surface area contributed by atoms with Gasteiger partial charge in [0.05, 0.1) is 15.1 Å². The van der Waals surface area contributed by atoms with Gasteiger partial charge in [0.15, 0.2) is 11.5 Å². The van der Waals surface area contributed by atoms with Gasteiger partial charge in [-0.15, -0.1) is 11.8 Å². The van der Waals surface area contributed by atoms with Crippen LogP contribution >= 0.6 is 24.0 Å². The van der Waals surface area contributed by atoms with E-state index in [0.717, 1.165) is 21.6 Å². The standard InChI is InChI=1S/C50H49N5O8S2/c1-33-45(64)55-46(33)65-49(2,3)50(55,47(59)63-32-36-20-12-6-13-21-36)52-42(56)41(38-22-14-7-15-23-38)51-48(60)54-27-26-53(43(57)44(54)58)29-37-24-25-39(61-30-34-16-8-4-9-17-34)40(28-37)62-31-35-18-10-5-11-19-35/h4-25,28,33,41,46H,26-27,29-32H2,1-3H3,(H,51,60)(H,52,56)/t33-,41?,46+,50-/m0/s1. The zero-order valence-electron chi connectivity index (χ0n) is 36.2. The number of fused-ring (bicyclic) bond motifs is 1. The number of urea groups is 1. The van der Waals surface area contributed by atoms with E-state index < -0.39 is 46.2 Å². The molecule has 3 heterocycles. The van der Waals surface area contributed by atoms with E-state index >= 15 is 0 Å². The number of ether oxygens (including phenoxy) is 3. The molecule has 15 heteroatoms. The molecule has 4 atom stereocenters. The van der Waals surface area contributed by atoms with Crippen molar-refractivity contribution in [3.63, 3.8) is 0 Å². The molecular weight excluding hydrogens is 863 g/mol. The van der Waals surface area contributed by atoms with Gasteiger partial charge in [0.2, 0.25) is 11.6 Å². The highest BCUT2D eigenvalue weighted by Crippen LogP contribution is 2.58. The van der Waals surface area contributed by atoms with Gasteiger partial charge in [-0.1, -0.05) is 147 Å². The lowest BCUT2D eigenvalue weighted by atomic mass is 9.86. The summed E-state index contributed by atoms with van der Waals surface area (Å²) < 4.78 is 17.4. The smallest absolute Gasteiger partial charge is 0.355 e. The number of carbonyl (C=O) groups is 5. The third-order valence-electron chi connectivity index (χ3n) is 11.8. The fourth-order valence-electron chi connectivity index (χ4n) is 8.22. The highest BCUT2D eigenvalue weighted by molar-refractivity contribution is 8.02. The number of rotatable bonds is 15. The second kappa shape index (κ2) is 19.2. The van der Waals surface area contributed by atoms with E-state index in [4.69, 9.17) is 26.4 Å². The molecule has 1 unspecified atom stereocenters. The second-order valence-electron chi connectivity index (χ2n) is 16.6. The molecular formula is C50H49N5O8S2. The van der Waals surface area contributed by atoms with Gasteiger partial charge in [-0.3, -0.25) is 19.3 Å². The van der Waals surface area contributed by atoms with Crippen LogP contribution in [0.15, 0.2) is 140 Å². The maximum absolute atomic E-state index is 14.7. The monoisotopic (exact) mass is 911 g/mol. The summed E-state index contributed by atoms with van der Waals surface area (Å²) in [7, 11) is 0. The van der Waals surface area contributed by atoms with Gasteiger partial charge in [0.1, 0.15) is 25.9 Å². The zero-order valence-corrected chi connectivity index (χ0v) is 37.8. The zero-order chi connectivity index (χ0) is 45.7. The van der Waals surface area contributed by atoms with Crippen molar-refractivity contribution in [1.82, 2.24) is 25.3 Å². The summed E-state index contributed by atoms with van der Waals surface area (Å²) in [5, 5.41) is 5.49.